The molecule has 2 aliphatic heterocycles. The van der Waals surface area contributed by atoms with E-state index in [1.165, 1.54) is 6.07 Å². The van der Waals surface area contributed by atoms with Crippen molar-refractivity contribution in [3.05, 3.63) is 101 Å². The molecular formula is C33H32N4O5. The molecule has 42 heavy (non-hydrogen) atoms. The van der Waals surface area contributed by atoms with E-state index in [1.807, 2.05) is 69.3 Å². The van der Waals surface area contributed by atoms with Crippen LogP contribution in [0.3, 0.4) is 0 Å². The molecule has 1 unspecified atom stereocenters. The van der Waals surface area contributed by atoms with Crippen molar-refractivity contribution in [3.8, 4) is 0 Å². The van der Waals surface area contributed by atoms with E-state index in [0.717, 1.165) is 38.2 Å². The quantitative estimate of drug-likeness (QED) is 0.267. The van der Waals surface area contributed by atoms with Gasteiger partial charge in [0.1, 0.15) is 18.1 Å². The minimum absolute atomic E-state index is 0.0335. The molecular weight excluding hydrogens is 532 g/mol. The number of nitrogens with zero attached hydrogens (tertiary/aromatic N) is 2. The molecule has 9 heteroatoms. The highest BCUT2D eigenvalue weighted by Crippen LogP contribution is 2.45. The van der Waals surface area contributed by atoms with Crippen LogP contribution in [0, 0.1) is 12.8 Å². The van der Waals surface area contributed by atoms with Crippen LogP contribution in [0.15, 0.2) is 72.8 Å². The number of benzene rings is 3. The number of carbonyl (C=O) groups excluding carboxylic acids is 3. The molecule has 0 radical (unpaired) electrons. The molecule has 3 N–H and O–H groups in total. The van der Waals surface area contributed by atoms with Crippen LogP contribution in [-0.2, 0) is 16.0 Å². The SMILES string of the molecule is Cc1ccc(C2c3[nH]c4ccccc4c3C[C@H]3C(=O)N(c4ccccc4C(=O)N[C@H](CC(C)C)C(=O)O)C(=O)N23)cc1. The number of carbonyl (C=O) groups is 4. The summed E-state index contributed by atoms with van der Waals surface area (Å²) in [6.45, 7) is 5.74. The standard InChI is InChI=1S/C33H32N4O5/c1-18(2)16-25(32(40)41)35-30(38)22-9-5-7-11-26(22)37-31(39)27-17-23-21-8-4-6-10-24(21)34-28(23)29(36(27)33(37)42)20-14-12-19(3)13-15-20/h4-15,18,25,27,29,34H,16-17H2,1-3H3,(H,35,38)(H,40,41)/t25-,27+,29?/m1/s1. The Morgan fingerprint density at radius 1 is 1.00 bits per heavy atom. The van der Waals surface area contributed by atoms with Crippen LogP contribution in [0.4, 0.5) is 10.5 Å². The van der Waals surface area contributed by atoms with E-state index in [1.54, 1.807) is 23.1 Å². The fourth-order valence-corrected chi connectivity index (χ4v) is 6.18. The zero-order valence-corrected chi connectivity index (χ0v) is 23.6. The van der Waals surface area contributed by atoms with Gasteiger partial charge in [0, 0.05) is 23.0 Å². The molecule has 3 aromatic carbocycles. The molecule has 0 aliphatic carbocycles. The molecule has 9 nitrogen and oxygen atoms in total. The monoisotopic (exact) mass is 564 g/mol. The van der Waals surface area contributed by atoms with Gasteiger partial charge in [0.25, 0.3) is 11.8 Å². The number of aliphatic carboxylic acids is 1. The number of aryl methyl sites for hydroxylation is 1. The van der Waals surface area contributed by atoms with Crippen molar-refractivity contribution in [1.82, 2.24) is 15.2 Å². The third kappa shape index (κ3) is 4.51. The highest BCUT2D eigenvalue weighted by molar-refractivity contribution is 6.24. The van der Waals surface area contributed by atoms with Crippen LogP contribution >= 0.6 is 0 Å². The molecule has 0 spiro atoms. The van der Waals surface area contributed by atoms with Gasteiger partial charge >= 0.3 is 12.0 Å². The molecule has 3 atom stereocenters. The summed E-state index contributed by atoms with van der Waals surface area (Å²) >= 11 is 0. The molecule has 3 heterocycles. The number of rotatable bonds is 7. The Kier molecular flexibility index (Phi) is 6.80. The maximum absolute atomic E-state index is 14.3. The molecule has 4 amide bonds. The van der Waals surface area contributed by atoms with Crippen LogP contribution in [0.2, 0.25) is 0 Å². The Hall–Kier alpha value is -4.92. The number of anilines is 1. The Morgan fingerprint density at radius 2 is 1.69 bits per heavy atom. The summed E-state index contributed by atoms with van der Waals surface area (Å²) < 4.78 is 0. The lowest BCUT2D eigenvalue weighted by atomic mass is 9.88. The van der Waals surface area contributed by atoms with Gasteiger partial charge in [-0.3, -0.25) is 14.5 Å². The number of amides is 4. The van der Waals surface area contributed by atoms with Crippen LogP contribution in [0.5, 0.6) is 0 Å². The predicted molar refractivity (Wildman–Crippen MR) is 158 cm³/mol. The minimum Gasteiger partial charge on any atom is -0.480 e. The molecule has 1 saturated heterocycles. The average Bonchev–Trinajstić information content (AvgIpc) is 3.46. The lowest BCUT2D eigenvalue weighted by molar-refractivity contribution is -0.139. The van der Waals surface area contributed by atoms with Crippen molar-refractivity contribution in [2.75, 3.05) is 4.90 Å². The van der Waals surface area contributed by atoms with Gasteiger partial charge < -0.3 is 15.4 Å². The van der Waals surface area contributed by atoms with E-state index in [-0.39, 0.29) is 23.6 Å². The maximum Gasteiger partial charge on any atom is 0.332 e. The van der Waals surface area contributed by atoms with E-state index in [0.29, 0.717) is 6.42 Å². The second-order valence-electron chi connectivity index (χ2n) is 11.5. The summed E-state index contributed by atoms with van der Waals surface area (Å²) in [4.78, 5) is 59.8. The first-order valence-corrected chi connectivity index (χ1v) is 14.1. The highest BCUT2D eigenvalue weighted by Gasteiger charge is 2.53. The van der Waals surface area contributed by atoms with E-state index >= 15 is 0 Å². The number of urea groups is 1. The fourth-order valence-electron chi connectivity index (χ4n) is 6.18. The summed E-state index contributed by atoms with van der Waals surface area (Å²) in [5, 5.41) is 13.3. The van der Waals surface area contributed by atoms with Crippen molar-refractivity contribution >= 4 is 40.4 Å². The number of carboxylic acids is 1. The Bertz CT molecular complexity index is 1720. The Labute approximate surface area is 243 Å². The lowest BCUT2D eigenvalue weighted by Crippen LogP contribution is -2.44. The van der Waals surface area contributed by atoms with Gasteiger partial charge in [0.05, 0.1) is 11.3 Å². The topological polar surface area (TPSA) is 123 Å². The van der Waals surface area contributed by atoms with Crippen molar-refractivity contribution in [2.45, 2.75) is 51.7 Å². The normalized spacial score (nSPS) is 18.8. The third-order valence-corrected chi connectivity index (χ3v) is 8.14. The van der Waals surface area contributed by atoms with E-state index in [2.05, 4.69) is 10.3 Å². The van der Waals surface area contributed by atoms with Gasteiger partial charge in [0.15, 0.2) is 0 Å². The first-order valence-electron chi connectivity index (χ1n) is 14.1. The van der Waals surface area contributed by atoms with Crippen molar-refractivity contribution in [3.63, 3.8) is 0 Å². The van der Waals surface area contributed by atoms with Crippen LogP contribution in [0.25, 0.3) is 10.9 Å². The second-order valence-corrected chi connectivity index (χ2v) is 11.5. The number of fused-ring (bicyclic) bond motifs is 4. The molecule has 1 fully saturated rings. The maximum atomic E-state index is 14.3. The van der Waals surface area contributed by atoms with Crippen LogP contribution in [0.1, 0.15) is 59.1 Å². The van der Waals surface area contributed by atoms with Gasteiger partial charge in [-0.2, -0.15) is 0 Å². The van der Waals surface area contributed by atoms with Crippen molar-refractivity contribution < 1.29 is 24.3 Å². The molecule has 0 bridgehead atoms. The number of para-hydroxylation sites is 2. The Balaban J connectivity index is 1.42. The first-order chi connectivity index (χ1) is 20.2. The number of nitrogens with one attached hydrogen (secondary N) is 2. The zero-order chi connectivity index (χ0) is 29.7. The largest absolute Gasteiger partial charge is 0.480 e. The number of hydrogen-bond acceptors (Lipinski definition) is 4. The second kappa shape index (κ2) is 10.5. The summed E-state index contributed by atoms with van der Waals surface area (Å²) in [6, 6.07) is 19.2. The molecule has 2 aliphatic rings. The van der Waals surface area contributed by atoms with Crippen LogP contribution in [-0.4, -0.2) is 50.9 Å². The van der Waals surface area contributed by atoms with Gasteiger partial charge in [-0.1, -0.05) is 74.0 Å². The van der Waals surface area contributed by atoms with E-state index < -0.39 is 41.9 Å². The van der Waals surface area contributed by atoms with E-state index in [9.17, 15) is 24.3 Å². The zero-order valence-electron chi connectivity index (χ0n) is 23.6. The number of hydrogen-bond donors (Lipinski definition) is 3. The van der Waals surface area contributed by atoms with Crippen LogP contribution < -0.4 is 10.2 Å². The van der Waals surface area contributed by atoms with Gasteiger partial charge in [-0.15, -0.1) is 0 Å². The summed E-state index contributed by atoms with van der Waals surface area (Å²) in [5.74, 6) is -2.19. The highest BCUT2D eigenvalue weighted by atomic mass is 16.4. The minimum atomic E-state index is -1.14. The van der Waals surface area contributed by atoms with E-state index in [4.69, 9.17) is 0 Å². The lowest BCUT2D eigenvalue weighted by Gasteiger charge is -2.36. The summed E-state index contributed by atoms with van der Waals surface area (Å²) in [5.41, 5.74) is 4.92. The van der Waals surface area contributed by atoms with Crippen molar-refractivity contribution in [1.29, 1.82) is 0 Å². The van der Waals surface area contributed by atoms with Gasteiger partial charge in [-0.05, 0) is 48.6 Å². The first kappa shape index (κ1) is 27.3. The summed E-state index contributed by atoms with van der Waals surface area (Å²) in [7, 11) is 0. The smallest absolute Gasteiger partial charge is 0.332 e. The molecule has 0 saturated carbocycles. The molecule has 4 aromatic rings. The number of aromatic nitrogens is 1. The molecule has 6 rings (SSSR count). The number of aromatic amines is 1. The fraction of sp³-hybridized carbons (Fsp3) is 0.273. The van der Waals surface area contributed by atoms with Crippen molar-refractivity contribution in [2.24, 2.45) is 5.92 Å². The molecule has 214 valence electrons. The number of imide groups is 1. The molecule has 1 aromatic heterocycles. The predicted octanol–water partition coefficient (Wildman–Crippen LogP) is 5.19. The Morgan fingerprint density at radius 3 is 2.40 bits per heavy atom. The summed E-state index contributed by atoms with van der Waals surface area (Å²) in [6.07, 6.45) is 0.567. The van der Waals surface area contributed by atoms with Gasteiger partial charge in [-0.25, -0.2) is 14.5 Å². The van der Waals surface area contributed by atoms with Gasteiger partial charge in [0.2, 0.25) is 0 Å². The average molecular weight is 565 g/mol. The number of carboxylic acid groups (broad SMARTS) is 1. The third-order valence-electron chi connectivity index (χ3n) is 8.14. The number of H-pyrrole nitrogens is 1.